The predicted octanol–water partition coefficient (Wildman–Crippen LogP) is -0.816. The fourth-order valence-corrected chi connectivity index (χ4v) is 1.46. The summed E-state index contributed by atoms with van der Waals surface area (Å²) < 4.78 is 23.3. The molecule has 0 unspecified atom stereocenters. The molecule has 0 saturated heterocycles. The number of nitrogens with zero attached hydrogens (tertiary/aromatic N) is 2. The lowest BCUT2D eigenvalue weighted by Crippen LogP contribution is -2.18. The van der Waals surface area contributed by atoms with E-state index in [0.717, 1.165) is 6.26 Å². The van der Waals surface area contributed by atoms with E-state index >= 15 is 0 Å². The molecule has 1 aromatic heterocycles. The fraction of sp³-hybridized carbons (Fsp3) is 0.333. The third-order valence-electron chi connectivity index (χ3n) is 1.29. The smallest absolute Gasteiger partial charge is 0.291 e. The molecule has 0 saturated carbocycles. The van der Waals surface area contributed by atoms with Crippen LogP contribution in [0.1, 0.15) is 0 Å². The molecule has 0 aliphatic carbocycles. The monoisotopic (exact) mass is 188 g/mol. The maximum atomic E-state index is 11.0. The van der Waals surface area contributed by atoms with Crippen LogP contribution < -0.4 is 5.56 Å². The van der Waals surface area contributed by atoms with E-state index < -0.39 is 15.4 Å². The highest BCUT2D eigenvalue weighted by Crippen LogP contribution is 1.98. The van der Waals surface area contributed by atoms with Crippen LogP contribution in [0.15, 0.2) is 22.2 Å². The van der Waals surface area contributed by atoms with Gasteiger partial charge in [-0.25, -0.2) is 8.42 Å². The zero-order valence-electron chi connectivity index (χ0n) is 6.68. The van der Waals surface area contributed by atoms with Crippen molar-refractivity contribution in [3.63, 3.8) is 0 Å². The molecule has 0 radical (unpaired) electrons. The number of sulfone groups is 1. The SMILES string of the molecule is Cn1cnc(=O)c(S(C)(=O)=O)c1. The van der Waals surface area contributed by atoms with E-state index in [2.05, 4.69) is 4.98 Å². The lowest BCUT2D eigenvalue weighted by atomic mass is 10.6. The summed E-state index contributed by atoms with van der Waals surface area (Å²) in [5, 5.41) is 0. The van der Waals surface area contributed by atoms with Gasteiger partial charge in [-0.1, -0.05) is 0 Å². The van der Waals surface area contributed by atoms with Gasteiger partial charge < -0.3 is 4.57 Å². The van der Waals surface area contributed by atoms with Crippen molar-refractivity contribution in [1.29, 1.82) is 0 Å². The Kier molecular flexibility index (Phi) is 2.01. The van der Waals surface area contributed by atoms with Gasteiger partial charge in [-0.15, -0.1) is 0 Å². The van der Waals surface area contributed by atoms with Crippen LogP contribution in [0, 0.1) is 0 Å². The normalized spacial score (nSPS) is 11.5. The van der Waals surface area contributed by atoms with Crippen molar-refractivity contribution in [3.8, 4) is 0 Å². The number of hydrogen-bond acceptors (Lipinski definition) is 4. The van der Waals surface area contributed by atoms with Crippen LogP contribution in [-0.4, -0.2) is 24.2 Å². The molecule has 0 aromatic carbocycles. The van der Waals surface area contributed by atoms with E-state index in [0.29, 0.717) is 0 Å². The third-order valence-corrected chi connectivity index (χ3v) is 2.37. The molecule has 0 atom stereocenters. The molecule has 1 aromatic rings. The first-order valence-electron chi connectivity index (χ1n) is 3.13. The molecule has 12 heavy (non-hydrogen) atoms. The van der Waals surface area contributed by atoms with E-state index in [1.165, 1.54) is 17.1 Å². The van der Waals surface area contributed by atoms with Crippen molar-refractivity contribution >= 4 is 9.84 Å². The summed E-state index contributed by atoms with van der Waals surface area (Å²) in [6.45, 7) is 0. The molecular weight excluding hydrogens is 180 g/mol. The van der Waals surface area contributed by atoms with Crippen LogP contribution in [0.25, 0.3) is 0 Å². The van der Waals surface area contributed by atoms with E-state index in [-0.39, 0.29) is 4.90 Å². The summed E-state index contributed by atoms with van der Waals surface area (Å²) >= 11 is 0. The van der Waals surface area contributed by atoms with Crippen molar-refractivity contribution in [2.45, 2.75) is 4.90 Å². The first-order valence-corrected chi connectivity index (χ1v) is 5.03. The van der Waals surface area contributed by atoms with Gasteiger partial charge in [-0.3, -0.25) is 4.79 Å². The third kappa shape index (κ3) is 1.70. The molecule has 5 nitrogen and oxygen atoms in total. The van der Waals surface area contributed by atoms with Crippen molar-refractivity contribution in [2.24, 2.45) is 7.05 Å². The molecule has 66 valence electrons. The van der Waals surface area contributed by atoms with Crippen LogP contribution in [0.2, 0.25) is 0 Å². The van der Waals surface area contributed by atoms with Gasteiger partial charge in [0.2, 0.25) is 0 Å². The molecule has 0 fully saturated rings. The maximum absolute atomic E-state index is 11.0. The van der Waals surface area contributed by atoms with Crippen LogP contribution in [0.3, 0.4) is 0 Å². The number of hydrogen-bond donors (Lipinski definition) is 0. The lowest BCUT2D eigenvalue weighted by molar-refractivity contribution is 0.598. The second-order valence-corrected chi connectivity index (χ2v) is 4.46. The fourth-order valence-electron chi connectivity index (χ4n) is 0.735. The molecule has 6 heteroatoms. The van der Waals surface area contributed by atoms with Gasteiger partial charge in [0.15, 0.2) is 9.84 Å². The average molecular weight is 188 g/mol. The minimum Gasteiger partial charge on any atom is -0.340 e. The van der Waals surface area contributed by atoms with Crippen LogP contribution in [0.4, 0.5) is 0 Å². The number of aromatic nitrogens is 2. The van der Waals surface area contributed by atoms with Gasteiger partial charge in [-0.05, 0) is 0 Å². The summed E-state index contributed by atoms with van der Waals surface area (Å²) in [4.78, 5) is 14.0. The molecule has 0 aliphatic heterocycles. The molecule has 0 aliphatic rings. The lowest BCUT2D eigenvalue weighted by Gasteiger charge is -1.98. The van der Waals surface area contributed by atoms with Gasteiger partial charge in [-0.2, -0.15) is 4.98 Å². The molecule has 1 heterocycles. The molecule has 0 amide bonds. The van der Waals surface area contributed by atoms with Gasteiger partial charge >= 0.3 is 0 Å². The highest BCUT2D eigenvalue weighted by atomic mass is 32.2. The predicted molar refractivity (Wildman–Crippen MR) is 42.6 cm³/mol. The molecule has 0 N–H and O–H groups in total. The zero-order valence-corrected chi connectivity index (χ0v) is 7.50. The van der Waals surface area contributed by atoms with Crippen LogP contribution in [0.5, 0.6) is 0 Å². The van der Waals surface area contributed by atoms with Crippen molar-refractivity contribution in [1.82, 2.24) is 9.55 Å². The van der Waals surface area contributed by atoms with Crippen molar-refractivity contribution in [2.75, 3.05) is 6.26 Å². The first-order chi connectivity index (χ1) is 5.41. The topological polar surface area (TPSA) is 69.0 Å². The molecule has 0 spiro atoms. The van der Waals surface area contributed by atoms with E-state index in [4.69, 9.17) is 0 Å². The first kappa shape index (κ1) is 8.92. The largest absolute Gasteiger partial charge is 0.340 e. The average Bonchev–Trinajstić information content (AvgIpc) is 1.92. The van der Waals surface area contributed by atoms with Crippen molar-refractivity contribution in [3.05, 3.63) is 22.9 Å². The minimum absolute atomic E-state index is 0.271. The van der Waals surface area contributed by atoms with Gasteiger partial charge in [0.25, 0.3) is 5.56 Å². The number of rotatable bonds is 1. The summed E-state index contributed by atoms with van der Waals surface area (Å²) in [6.07, 6.45) is 3.48. The van der Waals surface area contributed by atoms with Crippen LogP contribution in [-0.2, 0) is 16.9 Å². The van der Waals surface area contributed by atoms with Crippen molar-refractivity contribution < 1.29 is 8.42 Å². The minimum atomic E-state index is -3.45. The quantitative estimate of drug-likeness (QED) is 0.577. The maximum Gasteiger partial charge on any atom is 0.291 e. The highest BCUT2D eigenvalue weighted by molar-refractivity contribution is 7.90. The summed E-state index contributed by atoms with van der Waals surface area (Å²) in [7, 11) is -1.85. The second-order valence-electron chi connectivity index (χ2n) is 2.48. The Morgan fingerprint density at radius 3 is 2.50 bits per heavy atom. The molecular formula is C6H8N2O3S. The Morgan fingerprint density at radius 1 is 1.50 bits per heavy atom. The Balaban J connectivity index is 3.55. The van der Waals surface area contributed by atoms with E-state index in [1.807, 2.05) is 0 Å². The number of aryl methyl sites for hydroxylation is 1. The zero-order chi connectivity index (χ0) is 9.35. The Hall–Kier alpha value is -1.17. The van der Waals surface area contributed by atoms with Crippen LogP contribution >= 0.6 is 0 Å². The van der Waals surface area contributed by atoms with E-state index in [9.17, 15) is 13.2 Å². The standard InChI is InChI=1S/C6H8N2O3S/c1-8-3-5(12(2,10)11)6(9)7-4-8/h3-4H,1-2H3. The summed E-state index contributed by atoms with van der Waals surface area (Å²) in [5.41, 5.74) is -0.712. The van der Waals surface area contributed by atoms with Gasteiger partial charge in [0.05, 0.1) is 6.33 Å². The molecule has 0 bridgehead atoms. The van der Waals surface area contributed by atoms with Gasteiger partial charge in [0, 0.05) is 19.5 Å². The Bertz CT molecular complexity index is 446. The molecule has 1 rings (SSSR count). The Labute approximate surface area is 69.6 Å². The summed E-state index contributed by atoms with van der Waals surface area (Å²) in [5.74, 6) is 0. The van der Waals surface area contributed by atoms with E-state index in [1.54, 1.807) is 7.05 Å². The van der Waals surface area contributed by atoms with Gasteiger partial charge in [0.1, 0.15) is 4.90 Å². The Morgan fingerprint density at radius 2 is 2.08 bits per heavy atom. The highest BCUT2D eigenvalue weighted by Gasteiger charge is 2.12. The summed E-state index contributed by atoms with van der Waals surface area (Å²) in [6, 6.07) is 0. The second kappa shape index (κ2) is 2.71.